The van der Waals surface area contributed by atoms with Crippen LogP contribution in [0.1, 0.15) is 17.3 Å². The number of fused-ring (bicyclic) bond motifs is 1. The zero-order valence-corrected chi connectivity index (χ0v) is 11.2. The second-order valence-corrected chi connectivity index (χ2v) is 4.78. The molecule has 3 nitrogen and oxygen atoms in total. The van der Waals surface area contributed by atoms with Crippen molar-refractivity contribution in [3.05, 3.63) is 48.0 Å². The minimum atomic E-state index is 0.675. The molecule has 1 fully saturated rings. The van der Waals surface area contributed by atoms with Crippen LogP contribution in [0.25, 0.3) is 10.8 Å². The lowest BCUT2D eigenvalue weighted by Gasteiger charge is -2.19. The maximum atomic E-state index is 10.5. The molecule has 19 heavy (non-hydrogen) atoms. The van der Waals surface area contributed by atoms with Crippen molar-refractivity contribution in [2.75, 3.05) is 19.6 Å². The number of hydrogen-bond acceptors (Lipinski definition) is 3. The van der Waals surface area contributed by atoms with Crippen LogP contribution >= 0.6 is 0 Å². The molecule has 0 aromatic heterocycles. The molecule has 1 heterocycles. The van der Waals surface area contributed by atoms with Crippen LogP contribution in [0.2, 0.25) is 0 Å². The van der Waals surface area contributed by atoms with Gasteiger partial charge in [0.05, 0.1) is 0 Å². The molecule has 3 heteroatoms. The van der Waals surface area contributed by atoms with E-state index in [0.29, 0.717) is 6.04 Å². The highest BCUT2D eigenvalue weighted by Crippen LogP contribution is 2.14. The molecule has 0 amide bonds. The van der Waals surface area contributed by atoms with Crippen LogP contribution in [0.4, 0.5) is 0 Å². The Labute approximate surface area is 114 Å². The third-order valence-electron chi connectivity index (χ3n) is 3.15. The van der Waals surface area contributed by atoms with Crippen LogP contribution in [-0.4, -0.2) is 32.0 Å². The Morgan fingerprint density at radius 3 is 2.47 bits per heavy atom. The number of benzene rings is 2. The predicted molar refractivity (Wildman–Crippen MR) is 79.7 cm³/mol. The van der Waals surface area contributed by atoms with Crippen molar-refractivity contribution < 1.29 is 4.79 Å². The molecule has 3 rings (SSSR count). The third kappa shape index (κ3) is 4.16. The lowest BCUT2D eigenvalue weighted by molar-refractivity contribution is 0.112. The second-order valence-electron chi connectivity index (χ2n) is 4.78. The van der Waals surface area contributed by atoms with Gasteiger partial charge in [-0.25, -0.2) is 0 Å². The van der Waals surface area contributed by atoms with Crippen molar-refractivity contribution in [3.63, 3.8) is 0 Å². The van der Waals surface area contributed by atoms with Gasteiger partial charge in [0.1, 0.15) is 6.29 Å². The van der Waals surface area contributed by atoms with Crippen LogP contribution in [0.3, 0.4) is 0 Å². The normalized spacial score (nSPS) is 18.5. The molecule has 1 unspecified atom stereocenters. The fourth-order valence-corrected chi connectivity index (χ4v) is 2.08. The first-order valence-corrected chi connectivity index (χ1v) is 6.67. The van der Waals surface area contributed by atoms with E-state index in [0.717, 1.165) is 36.9 Å². The van der Waals surface area contributed by atoms with Crippen molar-refractivity contribution >= 4 is 17.1 Å². The van der Waals surface area contributed by atoms with E-state index in [1.54, 1.807) is 0 Å². The smallest absolute Gasteiger partial charge is 0.150 e. The summed E-state index contributed by atoms with van der Waals surface area (Å²) < 4.78 is 0. The molecular formula is C16H20N2O. The van der Waals surface area contributed by atoms with Gasteiger partial charge < -0.3 is 10.6 Å². The van der Waals surface area contributed by atoms with Gasteiger partial charge in [-0.15, -0.1) is 0 Å². The van der Waals surface area contributed by atoms with E-state index in [4.69, 9.17) is 0 Å². The molecule has 0 radical (unpaired) electrons. The Kier molecular flexibility index (Phi) is 5.07. The zero-order valence-electron chi connectivity index (χ0n) is 11.2. The summed E-state index contributed by atoms with van der Waals surface area (Å²) in [7, 11) is 0. The molecule has 1 saturated heterocycles. The molecule has 1 aliphatic heterocycles. The number of nitrogens with one attached hydrogen (secondary N) is 2. The molecular weight excluding hydrogens is 236 g/mol. The third-order valence-corrected chi connectivity index (χ3v) is 3.15. The van der Waals surface area contributed by atoms with Crippen LogP contribution in [0, 0.1) is 0 Å². The Morgan fingerprint density at radius 2 is 1.89 bits per heavy atom. The first-order chi connectivity index (χ1) is 9.29. The molecule has 0 bridgehead atoms. The Bertz CT molecular complexity index is 533. The summed E-state index contributed by atoms with van der Waals surface area (Å²) >= 11 is 0. The first-order valence-electron chi connectivity index (χ1n) is 6.67. The van der Waals surface area contributed by atoms with Crippen molar-refractivity contribution in [1.82, 2.24) is 10.6 Å². The van der Waals surface area contributed by atoms with Gasteiger partial charge in [-0.05, 0) is 23.8 Å². The van der Waals surface area contributed by atoms with Gasteiger partial charge in [-0.2, -0.15) is 0 Å². The fourth-order valence-electron chi connectivity index (χ4n) is 2.08. The molecule has 0 aliphatic carbocycles. The number of carbonyl (C=O) groups is 1. The second kappa shape index (κ2) is 7.02. The number of rotatable bonds is 1. The van der Waals surface area contributed by atoms with Crippen LogP contribution in [0.5, 0.6) is 0 Å². The van der Waals surface area contributed by atoms with E-state index in [1.807, 2.05) is 42.5 Å². The summed E-state index contributed by atoms with van der Waals surface area (Å²) in [6, 6.07) is 14.3. The number of piperazine rings is 1. The minimum Gasteiger partial charge on any atom is -0.314 e. The summed E-state index contributed by atoms with van der Waals surface area (Å²) in [5.41, 5.74) is 0.730. The summed E-state index contributed by atoms with van der Waals surface area (Å²) in [6.45, 7) is 5.57. The van der Waals surface area contributed by atoms with Gasteiger partial charge in [-0.1, -0.05) is 36.4 Å². The number of aldehydes is 1. The SMILES string of the molecule is CC1CNCCN1.O=Cc1ccc2ccccc2c1. The summed E-state index contributed by atoms with van der Waals surface area (Å²) in [5.74, 6) is 0. The van der Waals surface area contributed by atoms with E-state index in [1.165, 1.54) is 5.39 Å². The van der Waals surface area contributed by atoms with Gasteiger partial charge in [0.15, 0.2) is 0 Å². The van der Waals surface area contributed by atoms with E-state index in [2.05, 4.69) is 17.6 Å². The minimum absolute atomic E-state index is 0.675. The molecule has 0 saturated carbocycles. The predicted octanol–water partition coefficient (Wildman–Crippen LogP) is 2.22. The highest BCUT2D eigenvalue weighted by molar-refractivity contribution is 5.88. The van der Waals surface area contributed by atoms with Crippen molar-refractivity contribution in [3.8, 4) is 0 Å². The first kappa shape index (κ1) is 13.7. The van der Waals surface area contributed by atoms with Gasteiger partial charge in [0.2, 0.25) is 0 Å². The maximum absolute atomic E-state index is 10.5. The van der Waals surface area contributed by atoms with Crippen molar-refractivity contribution in [2.24, 2.45) is 0 Å². The average molecular weight is 256 g/mol. The van der Waals surface area contributed by atoms with E-state index >= 15 is 0 Å². The Hall–Kier alpha value is -1.71. The summed E-state index contributed by atoms with van der Waals surface area (Å²) in [6.07, 6.45) is 0.867. The monoisotopic (exact) mass is 256 g/mol. The van der Waals surface area contributed by atoms with Crippen LogP contribution in [-0.2, 0) is 0 Å². The lowest BCUT2D eigenvalue weighted by Crippen LogP contribution is -2.46. The molecule has 2 N–H and O–H groups in total. The lowest BCUT2D eigenvalue weighted by atomic mass is 10.1. The zero-order chi connectivity index (χ0) is 13.5. The highest BCUT2D eigenvalue weighted by Gasteiger charge is 2.03. The Balaban J connectivity index is 0.000000163. The van der Waals surface area contributed by atoms with Gasteiger partial charge in [0, 0.05) is 31.2 Å². The van der Waals surface area contributed by atoms with Crippen LogP contribution in [0.15, 0.2) is 42.5 Å². The maximum Gasteiger partial charge on any atom is 0.150 e. The quantitative estimate of drug-likeness (QED) is 0.769. The van der Waals surface area contributed by atoms with Gasteiger partial charge in [0.25, 0.3) is 0 Å². The average Bonchev–Trinajstić information content (AvgIpc) is 2.48. The molecule has 2 aromatic carbocycles. The topological polar surface area (TPSA) is 41.1 Å². The van der Waals surface area contributed by atoms with E-state index < -0.39 is 0 Å². The standard InChI is InChI=1S/C11H8O.C5H12N2/c12-8-9-5-6-10-3-1-2-4-11(10)7-9;1-5-4-6-2-3-7-5/h1-8H;5-7H,2-4H2,1H3. The van der Waals surface area contributed by atoms with Crippen molar-refractivity contribution in [2.45, 2.75) is 13.0 Å². The van der Waals surface area contributed by atoms with Gasteiger partial charge >= 0.3 is 0 Å². The van der Waals surface area contributed by atoms with Crippen LogP contribution < -0.4 is 10.6 Å². The van der Waals surface area contributed by atoms with E-state index in [9.17, 15) is 4.79 Å². The number of carbonyl (C=O) groups excluding carboxylic acids is 1. The van der Waals surface area contributed by atoms with Gasteiger partial charge in [-0.3, -0.25) is 4.79 Å². The summed E-state index contributed by atoms with van der Waals surface area (Å²) in [4.78, 5) is 10.5. The fraction of sp³-hybridized carbons (Fsp3) is 0.312. The number of hydrogen-bond donors (Lipinski definition) is 2. The van der Waals surface area contributed by atoms with Crippen molar-refractivity contribution in [1.29, 1.82) is 0 Å². The summed E-state index contributed by atoms with van der Waals surface area (Å²) in [5, 5.41) is 8.87. The molecule has 2 aromatic rings. The van der Waals surface area contributed by atoms with E-state index in [-0.39, 0.29) is 0 Å². The molecule has 0 spiro atoms. The molecule has 100 valence electrons. The molecule has 1 aliphatic rings. The Morgan fingerprint density at radius 1 is 1.11 bits per heavy atom. The highest BCUT2D eigenvalue weighted by atomic mass is 16.1. The molecule has 1 atom stereocenters. The largest absolute Gasteiger partial charge is 0.314 e.